The van der Waals surface area contributed by atoms with Gasteiger partial charge in [0.15, 0.2) is 0 Å². The van der Waals surface area contributed by atoms with Crippen LogP contribution in [0.1, 0.15) is 20.8 Å². The molecule has 0 aromatic rings. The minimum absolute atomic E-state index is 0.0383. The maximum absolute atomic E-state index is 11.2. The second-order valence-electron chi connectivity index (χ2n) is 5.35. The number of hydrogen-bond donors (Lipinski definition) is 1. The van der Waals surface area contributed by atoms with Crippen LogP contribution in [0.4, 0.5) is 4.79 Å². The summed E-state index contributed by atoms with van der Waals surface area (Å²) in [6, 6.07) is 0.0435. The molecule has 0 radical (unpaired) electrons. The molecule has 0 aromatic carbocycles. The van der Waals surface area contributed by atoms with E-state index in [1.807, 2.05) is 0 Å². The van der Waals surface area contributed by atoms with Gasteiger partial charge in [0.2, 0.25) is 0 Å². The number of rotatable bonds is 2. The van der Waals surface area contributed by atoms with Gasteiger partial charge in [-0.1, -0.05) is 20.8 Å². The number of carbonyl (C=O) groups is 1. The lowest BCUT2D eigenvalue weighted by molar-refractivity contribution is 0.0239. The van der Waals surface area contributed by atoms with E-state index in [1.165, 1.54) is 0 Å². The van der Waals surface area contributed by atoms with Gasteiger partial charge in [0.25, 0.3) is 0 Å². The average molecular weight is 249 g/mol. The van der Waals surface area contributed by atoms with E-state index in [9.17, 15) is 4.79 Å². The van der Waals surface area contributed by atoms with Crippen LogP contribution in [-0.4, -0.2) is 59.1 Å². The van der Waals surface area contributed by atoms with Gasteiger partial charge >= 0.3 is 6.09 Å². The Kier molecular flexibility index (Phi) is 4.44. The lowest BCUT2D eigenvalue weighted by Crippen LogP contribution is -2.59. The molecule has 16 heavy (non-hydrogen) atoms. The summed E-state index contributed by atoms with van der Waals surface area (Å²) in [6.45, 7) is 9.22. The first-order valence-electron chi connectivity index (χ1n) is 5.64. The SMILES string of the molecule is CC(C)(C)C1CN(CCCl)CCN1C(=O)O. The number of hydrogen-bond acceptors (Lipinski definition) is 2. The van der Waals surface area contributed by atoms with E-state index in [0.717, 1.165) is 19.6 Å². The molecule has 0 aliphatic carbocycles. The highest BCUT2D eigenvalue weighted by Crippen LogP contribution is 2.27. The van der Waals surface area contributed by atoms with Gasteiger partial charge in [-0.05, 0) is 5.41 Å². The van der Waals surface area contributed by atoms with Crippen molar-refractivity contribution in [2.75, 3.05) is 32.1 Å². The molecule has 1 N–H and O–H groups in total. The van der Waals surface area contributed by atoms with Crippen molar-refractivity contribution >= 4 is 17.7 Å². The van der Waals surface area contributed by atoms with Crippen molar-refractivity contribution in [2.24, 2.45) is 5.41 Å². The molecule has 1 saturated heterocycles. The number of amides is 1. The lowest BCUT2D eigenvalue weighted by atomic mass is 9.84. The van der Waals surface area contributed by atoms with Crippen molar-refractivity contribution in [3.63, 3.8) is 0 Å². The van der Waals surface area contributed by atoms with Crippen molar-refractivity contribution in [1.29, 1.82) is 0 Å². The first-order chi connectivity index (χ1) is 7.36. The van der Waals surface area contributed by atoms with Crippen molar-refractivity contribution in [2.45, 2.75) is 26.8 Å². The topological polar surface area (TPSA) is 43.8 Å². The van der Waals surface area contributed by atoms with E-state index in [1.54, 1.807) is 4.90 Å². The Morgan fingerprint density at radius 2 is 2.06 bits per heavy atom. The Morgan fingerprint density at radius 3 is 2.50 bits per heavy atom. The lowest BCUT2D eigenvalue weighted by Gasteiger charge is -2.45. The molecule has 1 aliphatic rings. The third-order valence-corrected chi connectivity index (χ3v) is 3.28. The third-order valence-electron chi connectivity index (χ3n) is 3.11. The Bertz CT molecular complexity index is 253. The van der Waals surface area contributed by atoms with E-state index in [0.29, 0.717) is 12.4 Å². The van der Waals surface area contributed by atoms with Crippen LogP contribution >= 0.6 is 11.6 Å². The molecule has 0 spiro atoms. The van der Waals surface area contributed by atoms with Gasteiger partial charge in [-0.3, -0.25) is 4.90 Å². The first kappa shape index (κ1) is 13.6. The van der Waals surface area contributed by atoms with E-state index >= 15 is 0 Å². The van der Waals surface area contributed by atoms with Gasteiger partial charge < -0.3 is 10.0 Å². The largest absolute Gasteiger partial charge is 0.465 e. The molecule has 1 fully saturated rings. The van der Waals surface area contributed by atoms with E-state index in [2.05, 4.69) is 25.7 Å². The zero-order valence-electron chi connectivity index (χ0n) is 10.2. The van der Waals surface area contributed by atoms with Gasteiger partial charge in [-0.25, -0.2) is 4.79 Å². The minimum Gasteiger partial charge on any atom is -0.465 e. The van der Waals surface area contributed by atoms with Gasteiger partial charge in [0, 0.05) is 32.1 Å². The maximum atomic E-state index is 11.2. The standard InChI is InChI=1S/C11H21ClN2O2/c1-11(2,3)9-8-13(5-4-12)6-7-14(9)10(15)16/h9H,4-8H2,1-3H3,(H,15,16). The van der Waals surface area contributed by atoms with Crippen LogP contribution in [-0.2, 0) is 0 Å². The van der Waals surface area contributed by atoms with Crippen LogP contribution in [0.2, 0.25) is 0 Å². The molecule has 1 aliphatic heterocycles. The molecule has 94 valence electrons. The van der Waals surface area contributed by atoms with Crippen molar-refractivity contribution < 1.29 is 9.90 Å². The smallest absolute Gasteiger partial charge is 0.407 e. The summed E-state index contributed by atoms with van der Waals surface area (Å²) in [5.74, 6) is 0.601. The Labute approximate surface area is 102 Å². The molecule has 5 heteroatoms. The van der Waals surface area contributed by atoms with Gasteiger partial charge in [-0.2, -0.15) is 0 Å². The highest BCUT2D eigenvalue weighted by atomic mass is 35.5. The number of alkyl halides is 1. The summed E-state index contributed by atoms with van der Waals surface area (Å²) in [7, 11) is 0. The monoisotopic (exact) mass is 248 g/mol. The number of halogens is 1. The molecule has 1 amide bonds. The van der Waals surface area contributed by atoms with Gasteiger partial charge in [-0.15, -0.1) is 11.6 Å². The normalized spacial score (nSPS) is 23.5. The molecular weight excluding hydrogens is 228 g/mol. The molecular formula is C11H21ClN2O2. The van der Waals surface area contributed by atoms with Crippen LogP contribution in [0, 0.1) is 5.41 Å². The predicted molar refractivity (Wildman–Crippen MR) is 65.1 cm³/mol. The zero-order valence-corrected chi connectivity index (χ0v) is 11.0. The Balaban J connectivity index is 2.74. The Hall–Kier alpha value is -0.480. The summed E-state index contributed by atoms with van der Waals surface area (Å²) >= 11 is 5.72. The number of piperazine rings is 1. The van der Waals surface area contributed by atoms with Crippen molar-refractivity contribution in [3.8, 4) is 0 Å². The van der Waals surface area contributed by atoms with E-state index in [4.69, 9.17) is 16.7 Å². The first-order valence-corrected chi connectivity index (χ1v) is 6.17. The molecule has 1 heterocycles. The van der Waals surface area contributed by atoms with Crippen molar-refractivity contribution in [1.82, 2.24) is 9.80 Å². The number of carboxylic acid groups (broad SMARTS) is 1. The predicted octanol–water partition coefficient (Wildman–Crippen LogP) is 1.94. The summed E-state index contributed by atoms with van der Waals surface area (Å²) in [6.07, 6.45) is -0.814. The summed E-state index contributed by atoms with van der Waals surface area (Å²) in [4.78, 5) is 15.0. The average Bonchev–Trinajstić information content (AvgIpc) is 2.16. The second-order valence-corrected chi connectivity index (χ2v) is 5.73. The van der Waals surface area contributed by atoms with Crippen LogP contribution < -0.4 is 0 Å². The van der Waals surface area contributed by atoms with Crippen molar-refractivity contribution in [3.05, 3.63) is 0 Å². The second kappa shape index (κ2) is 5.23. The minimum atomic E-state index is -0.814. The molecule has 0 aromatic heterocycles. The molecule has 0 bridgehead atoms. The molecule has 1 rings (SSSR count). The van der Waals surface area contributed by atoms with Gasteiger partial charge in [0.05, 0.1) is 6.04 Å². The summed E-state index contributed by atoms with van der Waals surface area (Å²) < 4.78 is 0. The molecule has 1 unspecified atom stereocenters. The highest BCUT2D eigenvalue weighted by Gasteiger charge is 2.37. The van der Waals surface area contributed by atoms with Crippen LogP contribution in [0.3, 0.4) is 0 Å². The molecule has 1 atom stereocenters. The summed E-state index contributed by atoms with van der Waals surface area (Å²) in [5, 5.41) is 9.17. The van der Waals surface area contributed by atoms with Gasteiger partial charge in [0.1, 0.15) is 0 Å². The fraction of sp³-hybridized carbons (Fsp3) is 0.909. The van der Waals surface area contributed by atoms with Crippen LogP contribution in [0.15, 0.2) is 0 Å². The van der Waals surface area contributed by atoms with Crippen LogP contribution in [0.25, 0.3) is 0 Å². The molecule has 4 nitrogen and oxygen atoms in total. The third kappa shape index (κ3) is 3.25. The highest BCUT2D eigenvalue weighted by molar-refractivity contribution is 6.18. The quantitative estimate of drug-likeness (QED) is 0.760. The summed E-state index contributed by atoms with van der Waals surface area (Å²) in [5.41, 5.74) is -0.0383. The fourth-order valence-electron chi connectivity index (χ4n) is 2.13. The molecule has 0 saturated carbocycles. The Morgan fingerprint density at radius 1 is 1.44 bits per heavy atom. The zero-order chi connectivity index (χ0) is 12.3. The van der Waals surface area contributed by atoms with Crippen LogP contribution in [0.5, 0.6) is 0 Å². The van der Waals surface area contributed by atoms with E-state index < -0.39 is 6.09 Å². The fourth-order valence-corrected chi connectivity index (χ4v) is 2.37. The maximum Gasteiger partial charge on any atom is 0.407 e. The number of nitrogens with zero attached hydrogens (tertiary/aromatic N) is 2. The van der Waals surface area contributed by atoms with E-state index in [-0.39, 0.29) is 11.5 Å².